The first-order valence-electron chi connectivity index (χ1n) is 8.57. The Balaban J connectivity index is 1.79. The lowest BCUT2D eigenvalue weighted by atomic mass is 10.1. The van der Waals surface area contributed by atoms with Crippen LogP contribution in [0.5, 0.6) is 5.88 Å². The maximum Gasteiger partial charge on any atom is 0.241 e. The summed E-state index contributed by atoms with van der Waals surface area (Å²) in [5.74, 6) is 0.580. The summed E-state index contributed by atoms with van der Waals surface area (Å²) in [4.78, 5) is 6.71. The first-order valence-corrected chi connectivity index (χ1v) is 9.39. The first kappa shape index (κ1) is 16.7. The quantitative estimate of drug-likeness (QED) is 0.480. The summed E-state index contributed by atoms with van der Waals surface area (Å²) in [5, 5.41) is 10.8. The van der Waals surface area contributed by atoms with Crippen molar-refractivity contribution in [1.82, 2.24) is 15.2 Å². The molecule has 5 heteroatoms. The standard InChI is InChI=1S/C21H19N3OS/c1-13(2)25-21-16-7-5-4-6-15(16)20(23-24-21)19-11-10-18(26-19)17-9-8-14(3)12-22-17/h4-13H,1-3H3. The molecule has 0 saturated carbocycles. The Labute approximate surface area is 156 Å². The van der Waals surface area contributed by atoms with Crippen molar-refractivity contribution in [3.05, 3.63) is 60.3 Å². The van der Waals surface area contributed by atoms with Gasteiger partial charge in [0.1, 0.15) is 5.69 Å². The van der Waals surface area contributed by atoms with Crippen molar-refractivity contribution >= 4 is 22.1 Å². The van der Waals surface area contributed by atoms with Gasteiger partial charge in [-0.05, 0) is 50.6 Å². The van der Waals surface area contributed by atoms with Gasteiger partial charge in [0.15, 0.2) is 0 Å². The lowest BCUT2D eigenvalue weighted by Crippen LogP contribution is -2.08. The van der Waals surface area contributed by atoms with E-state index in [-0.39, 0.29) is 6.10 Å². The predicted octanol–water partition coefficient (Wildman–Crippen LogP) is 5.52. The van der Waals surface area contributed by atoms with E-state index >= 15 is 0 Å². The van der Waals surface area contributed by atoms with Crippen LogP contribution in [-0.2, 0) is 0 Å². The average Bonchev–Trinajstić information content (AvgIpc) is 3.12. The lowest BCUT2D eigenvalue weighted by molar-refractivity contribution is 0.233. The van der Waals surface area contributed by atoms with Crippen LogP contribution in [0.1, 0.15) is 19.4 Å². The monoisotopic (exact) mass is 361 g/mol. The second-order valence-electron chi connectivity index (χ2n) is 6.45. The Bertz CT molecular complexity index is 1050. The van der Waals surface area contributed by atoms with Gasteiger partial charge in [0.05, 0.1) is 21.6 Å². The summed E-state index contributed by atoms with van der Waals surface area (Å²) >= 11 is 1.67. The van der Waals surface area contributed by atoms with E-state index in [0.717, 1.165) is 37.5 Å². The van der Waals surface area contributed by atoms with Gasteiger partial charge in [-0.25, -0.2) is 0 Å². The van der Waals surface area contributed by atoms with Gasteiger partial charge in [0.25, 0.3) is 0 Å². The number of aryl methyl sites for hydroxylation is 1. The molecule has 3 heterocycles. The molecule has 130 valence electrons. The average molecular weight is 361 g/mol. The Morgan fingerprint density at radius 3 is 2.38 bits per heavy atom. The van der Waals surface area contributed by atoms with E-state index in [1.807, 2.05) is 51.2 Å². The van der Waals surface area contributed by atoms with E-state index in [0.29, 0.717) is 5.88 Å². The number of hydrogen-bond acceptors (Lipinski definition) is 5. The molecule has 4 nitrogen and oxygen atoms in total. The molecule has 0 aliphatic rings. The van der Waals surface area contributed by atoms with Crippen LogP contribution in [-0.4, -0.2) is 21.3 Å². The van der Waals surface area contributed by atoms with Crippen molar-refractivity contribution in [2.45, 2.75) is 26.9 Å². The molecule has 3 aromatic heterocycles. The molecule has 0 N–H and O–H groups in total. The molecule has 0 aliphatic heterocycles. The van der Waals surface area contributed by atoms with E-state index in [1.165, 1.54) is 0 Å². The van der Waals surface area contributed by atoms with Gasteiger partial charge in [-0.15, -0.1) is 21.5 Å². The molecule has 0 amide bonds. The zero-order valence-corrected chi connectivity index (χ0v) is 15.7. The third-order valence-corrected chi connectivity index (χ3v) is 5.12. The van der Waals surface area contributed by atoms with Crippen molar-refractivity contribution in [3.63, 3.8) is 0 Å². The molecular formula is C21H19N3OS. The van der Waals surface area contributed by atoms with Gasteiger partial charge in [-0.2, -0.15) is 0 Å². The number of fused-ring (bicyclic) bond motifs is 1. The van der Waals surface area contributed by atoms with Gasteiger partial charge < -0.3 is 4.74 Å². The fourth-order valence-electron chi connectivity index (χ4n) is 2.79. The number of benzene rings is 1. The Hall–Kier alpha value is -2.79. The van der Waals surface area contributed by atoms with Gasteiger partial charge >= 0.3 is 0 Å². The highest BCUT2D eigenvalue weighted by Gasteiger charge is 2.15. The van der Waals surface area contributed by atoms with E-state index in [1.54, 1.807) is 11.3 Å². The van der Waals surface area contributed by atoms with Gasteiger partial charge in [-0.3, -0.25) is 4.98 Å². The van der Waals surface area contributed by atoms with Crippen molar-refractivity contribution in [2.75, 3.05) is 0 Å². The minimum atomic E-state index is 0.0551. The highest BCUT2D eigenvalue weighted by molar-refractivity contribution is 7.18. The molecule has 0 fully saturated rings. The molecule has 4 aromatic rings. The van der Waals surface area contributed by atoms with Crippen LogP contribution in [0.15, 0.2) is 54.7 Å². The molecule has 26 heavy (non-hydrogen) atoms. The smallest absolute Gasteiger partial charge is 0.241 e. The number of hydrogen-bond donors (Lipinski definition) is 0. The number of thiophene rings is 1. The van der Waals surface area contributed by atoms with Crippen molar-refractivity contribution in [1.29, 1.82) is 0 Å². The van der Waals surface area contributed by atoms with Crippen LogP contribution in [0, 0.1) is 6.92 Å². The topological polar surface area (TPSA) is 47.9 Å². The summed E-state index contributed by atoms with van der Waals surface area (Å²) in [6, 6.07) is 16.4. The summed E-state index contributed by atoms with van der Waals surface area (Å²) < 4.78 is 5.82. The molecule has 1 aromatic carbocycles. The van der Waals surface area contributed by atoms with Gasteiger partial charge in [-0.1, -0.05) is 24.3 Å². The number of rotatable bonds is 4. The van der Waals surface area contributed by atoms with Crippen LogP contribution in [0.3, 0.4) is 0 Å². The molecule has 0 radical (unpaired) electrons. The van der Waals surface area contributed by atoms with E-state index in [2.05, 4.69) is 39.4 Å². The fourth-order valence-corrected chi connectivity index (χ4v) is 3.77. The third kappa shape index (κ3) is 3.18. The molecule has 0 spiro atoms. The number of aromatic nitrogens is 3. The number of pyridine rings is 1. The zero-order chi connectivity index (χ0) is 18.1. The third-order valence-electron chi connectivity index (χ3n) is 4.00. The summed E-state index contributed by atoms with van der Waals surface area (Å²) in [6.45, 7) is 6.02. The molecule has 0 aliphatic carbocycles. The largest absolute Gasteiger partial charge is 0.473 e. The predicted molar refractivity (Wildman–Crippen MR) is 107 cm³/mol. The highest BCUT2D eigenvalue weighted by atomic mass is 32.1. The molecule has 0 unspecified atom stereocenters. The van der Waals surface area contributed by atoms with Crippen LogP contribution < -0.4 is 4.74 Å². The SMILES string of the molecule is Cc1ccc(-c2ccc(-c3nnc(OC(C)C)c4ccccc34)s2)nc1. The second kappa shape index (κ2) is 6.84. The van der Waals surface area contributed by atoms with Gasteiger partial charge in [0.2, 0.25) is 5.88 Å². The van der Waals surface area contributed by atoms with Crippen molar-refractivity contribution in [3.8, 4) is 27.0 Å². The van der Waals surface area contributed by atoms with Gasteiger partial charge in [0, 0.05) is 17.0 Å². The number of nitrogens with zero attached hydrogens (tertiary/aromatic N) is 3. The maximum absolute atomic E-state index is 5.82. The molecular weight excluding hydrogens is 342 g/mol. The molecule has 0 atom stereocenters. The Morgan fingerprint density at radius 1 is 0.885 bits per heavy atom. The minimum absolute atomic E-state index is 0.0551. The molecule has 4 rings (SSSR count). The van der Waals surface area contributed by atoms with Crippen LogP contribution >= 0.6 is 11.3 Å². The normalized spacial score (nSPS) is 11.2. The molecule has 0 saturated heterocycles. The van der Waals surface area contributed by atoms with Crippen LogP contribution in [0.4, 0.5) is 0 Å². The van der Waals surface area contributed by atoms with E-state index in [4.69, 9.17) is 4.74 Å². The Morgan fingerprint density at radius 2 is 1.65 bits per heavy atom. The van der Waals surface area contributed by atoms with Crippen molar-refractivity contribution < 1.29 is 4.74 Å². The fraction of sp³-hybridized carbons (Fsp3) is 0.190. The Kier molecular flexibility index (Phi) is 4.39. The summed E-state index contributed by atoms with van der Waals surface area (Å²) in [7, 11) is 0. The first-order chi connectivity index (χ1) is 12.6. The van der Waals surface area contributed by atoms with E-state index < -0.39 is 0 Å². The van der Waals surface area contributed by atoms with E-state index in [9.17, 15) is 0 Å². The summed E-state index contributed by atoms with van der Waals surface area (Å²) in [6.07, 6.45) is 1.95. The molecule has 0 bridgehead atoms. The van der Waals surface area contributed by atoms with Crippen LogP contribution in [0.25, 0.3) is 31.9 Å². The van der Waals surface area contributed by atoms with Crippen LogP contribution in [0.2, 0.25) is 0 Å². The summed E-state index contributed by atoms with van der Waals surface area (Å²) in [5.41, 5.74) is 3.01. The second-order valence-corrected chi connectivity index (χ2v) is 7.53. The maximum atomic E-state index is 5.82. The lowest BCUT2D eigenvalue weighted by Gasteiger charge is -2.11. The minimum Gasteiger partial charge on any atom is -0.473 e. The van der Waals surface area contributed by atoms with Crippen molar-refractivity contribution in [2.24, 2.45) is 0 Å². The zero-order valence-electron chi connectivity index (χ0n) is 14.9. The highest BCUT2D eigenvalue weighted by Crippen LogP contribution is 2.37. The number of ether oxygens (including phenoxy) is 1.